The molecule has 0 aliphatic carbocycles. The third-order valence-corrected chi connectivity index (χ3v) is 2.32. The summed E-state index contributed by atoms with van der Waals surface area (Å²) >= 11 is 0. The van der Waals surface area contributed by atoms with Crippen LogP contribution in [0.3, 0.4) is 0 Å². The van der Waals surface area contributed by atoms with Crippen molar-refractivity contribution < 1.29 is 0 Å². The molecule has 0 bridgehead atoms. The lowest BCUT2D eigenvalue weighted by molar-refractivity contribution is 0.476. The lowest BCUT2D eigenvalue weighted by Gasteiger charge is -2.06. The van der Waals surface area contributed by atoms with Crippen LogP contribution in [-0.4, -0.2) is 13.6 Å². The Kier molecular flexibility index (Phi) is 8.03. The largest absolute Gasteiger partial charge is 0.320 e. The fraction of sp³-hybridized carbons (Fsp3) is 1.00. The van der Waals surface area contributed by atoms with Crippen LogP contribution >= 0.6 is 0 Å². The second-order valence-corrected chi connectivity index (χ2v) is 3.47. The number of hydrogen-bond acceptors (Lipinski definition) is 1. The molecule has 11 heavy (non-hydrogen) atoms. The zero-order valence-electron chi connectivity index (χ0n) is 8.32. The van der Waals surface area contributed by atoms with Crippen molar-refractivity contribution in [1.29, 1.82) is 0 Å². The van der Waals surface area contributed by atoms with Gasteiger partial charge in [0, 0.05) is 0 Å². The van der Waals surface area contributed by atoms with Gasteiger partial charge in [-0.05, 0) is 25.9 Å². The molecular weight excluding hydrogens is 134 g/mol. The van der Waals surface area contributed by atoms with Crippen LogP contribution < -0.4 is 5.32 Å². The van der Waals surface area contributed by atoms with E-state index in [9.17, 15) is 0 Å². The maximum absolute atomic E-state index is 3.17. The van der Waals surface area contributed by atoms with Crippen LogP contribution in [-0.2, 0) is 0 Å². The third kappa shape index (κ3) is 7.86. The topological polar surface area (TPSA) is 12.0 Å². The average Bonchev–Trinajstić information content (AvgIpc) is 2.04. The highest BCUT2D eigenvalue weighted by atomic mass is 14.8. The summed E-state index contributed by atoms with van der Waals surface area (Å²) in [4.78, 5) is 0. The summed E-state index contributed by atoms with van der Waals surface area (Å²) < 4.78 is 0. The van der Waals surface area contributed by atoms with Gasteiger partial charge < -0.3 is 5.32 Å². The summed E-state index contributed by atoms with van der Waals surface area (Å²) in [5.41, 5.74) is 0. The van der Waals surface area contributed by atoms with Gasteiger partial charge in [0.2, 0.25) is 0 Å². The molecule has 0 rings (SSSR count). The van der Waals surface area contributed by atoms with E-state index in [2.05, 4.69) is 19.2 Å². The summed E-state index contributed by atoms with van der Waals surface area (Å²) in [6.45, 7) is 5.80. The summed E-state index contributed by atoms with van der Waals surface area (Å²) in [7, 11) is 2.02. The highest BCUT2D eigenvalue weighted by Gasteiger charge is 1.96. The van der Waals surface area contributed by atoms with E-state index in [1.54, 1.807) is 0 Å². The molecule has 0 aliphatic rings. The fourth-order valence-electron chi connectivity index (χ4n) is 1.18. The second kappa shape index (κ2) is 8.06. The van der Waals surface area contributed by atoms with Crippen molar-refractivity contribution in [3.05, 3.63) is 0 Å². The summed E-state index contributed by atoms with van der Waals surface area (Å²) in [5, 5.41) is 3.17. The molecular formula is C10H23N. The summed E-state index contributed by atoms with van der Waals surface area (Å²) in [5.74, 6) is 0.935. The SMILES string of the molecule is CCC(C)CCCCCNC. The van der Waals surface area contributed by atoms with E-state index in [0.29, 0.717) is 0 Å². The molecule has 0 saturated heterocycles. The Morgan fingerprint density at radius 3 is 2.45 bits per heavy atom. The molecule has 0 radical (unpaired) electrons. The van der Waals surface area contributed by atoms with Crippen LogP contribution in [0.2, 0.25) is 0 Å². The number of rotatable bonds is 7. The standard InChI is InChI=1S/C10H23N/c1-4-10(2)8-6-5-7-9-11-3/h10-11H,4-9H2,1-3H3. The molecule has 0 amide bonds. The minimum atomic E-state index is 0.935. The highest BCUT2D eigenvalue weighted by molar-refractivity contribution is 4.51. The van der Waals surface area contributed by atoms with Gasteiger partial charge in [-0.25, -0.2) is 0 Å². The fourth-order valence-corrected chi connectivity index (χ4v) is 1.18. The van der Waals surface area contributed by atoms with E-state index in [1.807, 2.05) is 7.05 Å². The van der Waals surface area contributed by atoms with Gasteiger partial charge in [0.1, 0.15) is 0 Å². The van der Waals surface area contributed by atoms with Gasteiger partial charge >= 0.3 is 0 Å². The van der Waals surface area contributed by atoms with Crippen molar-refractivity contribution in [3.8, 4) is 0 Å². The minimum absolute atomic E-state index is 0.935. The second-order valence-electron chi connectivity index (χ2n) is 3.47. The van der Waals surface area contributed by atoms with Crippen molar-refractivity contribution in [1.82, 2.24) is 5.32 Å². The van der Waals surface area contributed by atoms with Gasteiger partial charge in [0.15, 0.2) is 0 Å². The molecule has 1 unspecified atom stereocenters. The van der Waals surface area contributed by atoms with Gasteiger partial charge in [-0.1, -0.05) is 39.5 Å². The molecule has 0 aliphatic heterocycles. The average molecular weight is 157 g/mol. The Morgan fingerprint density at radius 2 is 1.91 bits per heavy atom. The molecule has 0 saturated carbocycles. The predicted octanol–water partition coefficient (Wildman–Crippen LogP) is 2.81. The van der Waals surface area contributed by atoms with Crippen LogP contribution in [0.4, 0.5) is 0 Å². The van der Waals surface area contributed by atoms with Crippen molar-refractivity contribution in [2.75, 3.05) is 13.6 Å². The van der Waals surface area contributed by atoms with E-state index in [0.717, 1.165) is 5.92 Å². The zero-order valence-corrected chi connectivity index (χ0v) is 8.32. The Labute approximate surface area is 71.6 Å². The highest BCUT2D eigenvalue weighted by Crippen LogP contribution is 2.11. The molecule has 68 valence electrons. The first-order valence-corrected chi connectivity index (χ1v) is 4.95. The summed E-state index contributed by atoms with van der Waals surface area (Å²) in [6.07, 6.45) is 6.90. The first-order chi connectivity index (χ1) is 5.31. The molecule has 1 heteroatoms. The van der Waals surface area contributed by atoms with Crippen molar-refractivity contribution in [2.24, 2.45) is 5.92 Å². The monoisotopic (exact) mass is 157 g/mol. The van der Waals surface area contributed by atoms with E-state index in [1.165, 1.54) is 38.6 Å². The third-order valence-electron chi connectivity index (χ3n) is 2.32. The van der Waals surface area contributed by atoms with Crippen molar-refractivity contribution in [3.63, 3.8) is 0 Å². The Bertz CT molecular complexity index is 71.3. The minimum Gasteiger partial charge on any atom is -0.320 e. The smallest absolute Gasteiger partial charge is 0.00519 e. The van der Waals surface area contributed by atoms with Gasteiger partial charge in [-0.3, -0.25) is 0 Å². The molecule has 0 aromatic carbocycles. The van der Waals surface area contributed by atoms with Crippen LogP contribution in [0.1, 0.15) is 46.0 Å². The summed E-state index contributed by atoms with van der Waals surface area (Å²) in [6, 6.07) is 0. The number of unbranched alkanes of at least 4 members (excludes halogenated alkanes) is 2. The van der Waals surface area contributed by atoms with Crippen molar-refractivity contribution in [2.45, 2.75) is 46.0 Å². The molecule has 0 spiro atoms. The Balaban J connectivity index is 2.89. The zero-order chi connectivity index (χ0) is 8.53. The Hall–Kier alpha value is -0.0400. The van der Waals surface area contributed by atoms with Crippen LogP contribution in [0, 0.1) is 5.92 Å². The quantitative estimate of drug-likeness (QED) is 0.560. The molecule has 1 N–H and O–H groups in total. The van der Waals surface area contributed by atoms with E-state index in [-0.39, 0.29) is 0 Å². The maximum atomic E-state index is 3.17. The molecule has 0 heterocycles. The first-order valence-electron chi connectivity index (χ1n) is 4.95. The van der Waals surface area contributed by atoms with Gasteiger partial charge in [0.25, 0.3) is 0 Å². The molecule has 0 aromatic heterocycles. The van der Waals surface area contributed by atoms with E-state index < -0.39 is 0 Å². The lowest BCUT2D eigenvalue weighted by Crippen LogP contribution is -2.07. The normalized spacial score (nSPS) is 13.4. The Morgan fingerprint density at radius 1 is 1.18 bits per heavy atom. The number of nitrogens with one attached hydrogen (secondary N) is 1. The molecule has 0 aromatic rings. The van der Waals surface area contributed by atoms with Crippen molar-refractivity contribution >= 4 is 0 Å². The van der Waals surface area contributed by atoms with Crippen LogP contribution in [0.5, 0.6) is 0 Å². The van der Waals surface area contributed by atoms with Crippen LogP contribution in [0.25, 0.3) is 0 Å². The van der Waals surface area contributed by atoms with E-state index in [4.69, 9.17) is 0 Å². The maximum Gasteiger partial charge on any atom is -0.00519 e. The molecule has 1 nitrogen and oxygen atoms in total. The van der Waals surface area contributed by atoms with Gasteiger partial charge in [-0.2, -0.15) is 0 Å². The van der Waals surface area contributed by atoms with Crippen LogP contribution in [0.15, 0.2) is 0 Å². The first kappa shape index (κ1) is 11.0. The van der Waals surface area contributed by atoms with Gasteiger partial charge in [0.05, 0.1) is 0 Å². The lowest BCUT2D eigenvalue weighted by atomic mass is 10.0. The van der Waals surface area contributed by atoms with E-state index >= 15 is 0 Å². The molecule has 1 atom stereocenters. The molecule has 0 fully saturated rings. The van der Waals surface area contributed by atoms with Gasteiger partial charge in [-0.15, -0.1) is 0 Å². The number of hydrogen-bond donors (Lipinski definition) is 1. The predicted molar refractivity (Wildman–Crippen MR) is 51.8 cm³/mol.